The van der Waals surface area contributed by atoms with Crippen LogP contribution in [0.2, 0.25) is 0 Å². The maximum atomic E-state index is 12.4. The third-order valence-electron chi connectivity index (χ3n) is 3.23. The van der Waals surface area contributed by atoms with Gasteiger partial charge in [0.15, 0.2) is 6.61 Å². The summed E-state index contributed by atoms with van der Waals surface area (Å²) in [6, 6.07) is 5.45. The Morgan fingerprint density at radius 2 is 1.77 bits per heavy atom. The van der Waals surface area contributed by atoms with Gasteiger partial charge >= 0.3 is 5.97 Å². The van der Waals surface area contributed by atoms with Crippen molar-refractivity contribution in [2.45, 2.75) is 13.0 Å². The molecule has 1 rings (SSSR count). The van der Waals surface area contributed by atoms with Crippen LogP contribution in [0.3, 0.4) is 0 Å². The Bertz CT molecular complexity index is 571. The van der Waals surface area contributed by atoms with E-state index in [1.807, 2.05) is 0 Å². The number of benzene rings is 1. The van der Waals surface area contributed by atoms with E-state index in [1.54, 1.807) is 32.3 Å². The van der Waals surface area contributed by atoms with Crippen LogP contribution in [0.25, 0.3) is 0 Å². The van der Waals surface area contributed by atoms with Crippen LogP contribution in [0.1, 0.15) is 17.3 Å². The summed E-state index contributed by atoms with van der Waals surface area (Å²) in [7, 11) is 4.61. The van der Waals surface area contributed by atoms with Crippen molar-refractivity contribution in [3.05, 3.63) is 29.8 Å². The lowest BCUT2D eigenvalue weighted by molar-refractivity contribution is -0.141. The molecule has 0 saturated heterocycles. The standard InChI is InChI=1S/C15H20N2O5/c1-10(15(20)21)17(4)14(19)11-7-5-6-8-12(11)22-9-13(18)16(2)3/h5-8,10H,9H2,1-4H3,(H,20,21). The van der Waals surface area contributed by atoms with Crippen LogP contribution in [0.15, 0.2) is 24.3 Å². The fourth-order valence-electron chi connectivity index (χ4n) is 1.57. The molecular formula is C15H20N2O5. The molecule has 1 unspecified atom stereocenters. The number of amides is 2. The quantitative estimate of drug-likeness (QED) is 0.836. The second-order valence-corrected chi connectivity index (χ2v) is 5.00. The second kappa shape index (κ2) is 7.44. The zero-order chi connectivity index (χ0) is 16.9. The molecule has 22 heavy (non-hydrogen) atoms. The minimum absolute atomic E-state index is 0.199. The van der Waals surface area contributed by atoms with Crippen molar-refractivity contribution < 1.29 is 24.2 Å². The number of ether oxygens (including phenoxy) is 1. The van der Waals surface area contributed by atoms with Crippen LogP contribution in [-0.4, -0.2) is 66.5 Å². The molecule has 2 amide bonds. The van der Waals surface area contributed by atoms with Gasteiger partial charge in [0.1, 0.15) is 11.8 Å². The normalized spacial score (nSPS) is 11.5. The van der Waals surface area contributed by atoms with Crippen LogP contribution >= 0.6 is 0 Å². The molecule has 1 aromatic rings. The fraction of sp³-hybridized carbons (Fsp3) is 0.400. The molecule has 0 aromatic heterocycles. The summed E-state index contributed by atoms with van der Waals surface area (Å²) in [5.74, 6) is -1.58. The highest BCUT2D eigenvalue weighted by Crippen LogP contribution is 2.20. The summed E-state index contributed by atoms with van der Waals surface area (Å²) in [4.78, 5) is 37.4. The van der Waals surface area contributed by atoms with Gasteiger partial charge in [0.25, 0.3) is 11.8 Å². The lowest BCUT2D eigenvalue weighted by Crippen LogP contribution is -2.40. The molecule has 1 atom stereocenters. The van der Waals surface area contributed by atoms with Crippen LogP contribution in [0.4, 0.5) is 0 Å². The number of hydrogen-bond acceptors (Lipinski definition) is 4. The first-order chi connectivity index (χ1) is 10.3. The number of hydrogen-bond donors (Lipinski definition) is 1. The molecule has 7 nitrogen and oxygen atoms in total. The summed E-state index contributed by atoms with van der Waals surface area (Å²) >= 11 is 0. The van der Waals surface area contributed by atoms with Crippen molar-refractivity contribution in [3.63, 3.8) is 0 Å². The van der Waals surface area contributed by atoms with E-state index in [2.05, 4.69) is 0 Å². The molecule has 1 aromatic carbocycles. The van der Waals surface area contributed by atoms with E-state index in [9.17, 15) is 14.4 Å². The van der Waals surface area contributed by atoms with Crippen LogP contribution in [0.5, 0.6) is 5.75 Å². The molecule has 0 heterocycles. The number of rotatable bonds is 6. The van der Waals surface area contributed by atoms with Gasteiger partial charge in [0.2, 0.25) is 0 Å². The number of carbonyl (C=O) groups is 3. The topological polar surface area (TPSA) is 87.1 Å². The Morgan fingerprint density at radius 3 is 2.32 bits per heavy atom. The average Bonchev–Trinajstić information content (AvgIpc) is 2.50. The number of nitrogens with zero attached hydrogens (tertiary/aromatic N) is 2. The largest absolute Gasteiger partial charge is 0.483 e. The summed E-state index contributed by atoms with van der Waals surface area (Å²) in [5, 5.41) is 8.98. The predicted molar refractivity (Wildman–Crippen MR) is 79.8 cm³/mol. The number of para-hydroxylation sites is 1. The van der Waals surface area contributed by atoms with E-state index in [0.29, 0.717) is 0 Å². The summed E-state index contributed by atoms with van der Waals surface area (Å²) < 4.78 is 5.39. The molecular weight excluding hydrogens is 288 g/mol. The monoisotopic (exact) mass is 308 g/mol. The van der Waals surface area contributed by atoms with Gasteiger partial charge in [-0.3, -0.25) is 9.59 Å². The van der Waals surface area contributed by atoms with Gasteiger partial charge in [0, 0.05) is 21.1 Å². The van der Waals surface area contributed by atoms with Gasteiger partial charge in [-0.25, -0.2) is 4.79 Å². The lowest BCUT2D eigenvalue weighted by Gasteiger charge is -2.22. The Morgan fingerprint density at radius 1 is 1.18 bits per heavy atom. The zero-order valence-corrected chi connectivity index (χ0v) is 13.1. The van der Waals surface area contributed by atoms with E-state index in [-0.39, 0.29) is 23.8 Å². The third kappa shape index (κ3) is 4.21. The highest BCUT2D eigenvalue weighted by Gasteiger charge is 2.25. The summed E-state index contributed by atoms with van der Waals surface area (Å²) in [6.07, 6.45) is 0. The first kappa shape index (κ1) is 17.5. The molecule has 0 bridgehead atoms. The van der Waals surface area contributed by atoms with Crippen molar-refractivity contribution in [2.24, 2.45) is 0 Å². The predicted octanol–water partition coefficient (Wildman–Crippen LogP) is 0.699. The second-order valence-electron chi connectivity index (χ2n) is 5.00. The summed E-state index contributed by atoms with van der Waals surface area (Å²) in [5.41, 5.74) is 0.213. The van der Waals surface area contributed by atoms with Gasteiger partial charge in [-0.1, -0.05) is 12.1 Å². The Kier molecular flexibility index (Phi) is 5.91. The first-order valence-corrected chi connectivity index (χ1v) is 6.67. The Hall–Kier alpha value is -2.57. The van der Waals surface area contributed by atoms with Crippen molar-refractivity contribution in [2.75, 3.05) is 27.7 Å². The highest BCUT2D eigenvalue weighted by molar-refractivity contribution is 5.98. The lowest BCUT2D eigenvalue weighted by atomic mass is 10.1. The molecule has 120 valence electrons. The van der Waals surface area contributed by atoms with Gasteiger partial charge in [-0.2, -0.15) is 0 Å². The van der Waals surface area contributed by atoms with E-state index in [4.69, 9.17) is 9.84 Å². The fourth-order valence-corrected chi connectivity index (χ4v) is 1.57. The van der Waals surface area contributed by atoms with Crippen molar-refractivity contribution >= 4 is 17.8 Å². The minimum Gasteiger partial charge on any atom is -0.483 e. The Labute approximate surface area is 129 Å². The summed E-state index contributed by atoms with van der Waals surface area (Å²) in [6.45, 7) is 1.22. The van der Waals surface area contributed by atoms with Crippen LogP contribution in [0, 0.1) is 0 Å². The smallest absolute Gasteiger partial charge is 0.326 e. The van der Waals surface area contributed by atoms with Crippen molar-refractivity contribution in [1.29, 1.82) is 0 Å². The molecule has 0 saturated carbocycles. The van der Waals surface area contributed by atoms with Gasteiger partial charge in [-0.05, 0) is 19.1 Å². The SMILES string of the molecule is CC(C(=O)O)N(C)C(=O)c1ccccc1OCC(=O)N(C)C. The molecule has 1 N–H and O–H groups in total. The van der Waals surface area contributed by atoms with E-state index < -0.39 is 17.9 Å². The zero-order valence-electron chi connectivity index (χ0n) is 13.1. The minimum atomic E-state index is -1.10. The number of likely N-dealkylation sites (N-methyl/N-ethyl adjacent to an activating group) is 2. The molecule has 0 spiro atoms. The maximum absolute atomic E-state index is 12.4. The van der Waals surface area contributed by atoms with Crippen molar-refractivity contribution in [3.8, 4) is 5.75 Å². The third-order valence-corrected chi connectivity index (χ3v) is 3.23. The average molecular weight is 308 g/mol. The maximum Gasteiger partial charge on any atom is 0.326 e. The molecule has 7 heteroatoms. The molecule has 0 radical (unpaired) electrons. The molecule has 0 aliphatic carbocycles. The van der Waals surface area contributed by atoms with E-state index in [1.165, 1.54) is 24.9 Å². The molecule has 0 aliphatic heterocycles. The van der Waals surface area contributed by atoms with Crippen molar-refractivity contribution in [1.82, 2.24) is 9.80 Å². The van der Waals surface area contributed by atoms with Gasteiger partial charge in [0.05, 0.1) is 5.56 Å². The highest BCUT2D eigenvalue weighted by atomic mass is 16.5. The number of aliphatic carboxylic acids is 1. The van der Waals surface area contributed by atoms with Gasteiger partial charge in [-0.15, -0.1) is 0 Å². The molecule has 0 aliphatic rings. The number of carboxylic acids is 1. The Balaban J connectivity index is 2.93. The number of carboxylic acid groups (broad SMARTS) is 1. The number of carbonyl (C=O) groups excluding carboxylic acids is 2. The van der Waals surface area contributed by atoms with E-state index in [0.717, 1.165) is 4.90 Å². The van der Waals surface area contributed by atoms with Crippen LogP contribution < -0.4 is 4.74 Å². The first-order valence-electron chi connectivity index (χ1n) is 6.67. The molecule has 0 fully saturated rings. The van der Waals surface area contributed by atoms with E-state index >= 15 is 0 Å². The van der Waals surface area contributed by atoms with Gasteiger partial charge < -0.3 is 19.6 Å². The van der Waals surface area contributed by atoms with Crippen LogP contribution in [-0.2, 0) is 9.59 Å².